The van der Waals surface area contributed by atoms with Gasteiger partial charge in [0.1, 0.15) is 23.8 Å². The highest BCUT2D eigenvalue weighted by atomic mass is 32.1. The molecule has 45 heavy (non-hydrogen) atoms. The molecule has 4 aromatic rings. The average molecular weight is 649 g/mol. The number of carbonyl (C=O) groups excluding carboxylic acids is 1. The van der Waals surface area contributed by atoms with E-state index in [9.17, 15) is 22.4 Å². The first-order valence-electron chi connectivity index (χ1n) is 14.5. The van der Waals surface area contributed by atoms with Gasteiger partial charge < -0.3 is 26.0 Å². The molecule has 0 saturated carbocycles. The van der Waals surface area contributed by atoms with Crippen molar-refractivity contribution in [1.82, 2.24) is 24.8 Å². The minimum absolute atomic E-state index is 0.00873. The molecule has 2 aromatic carbocycles. The maximum Gasteiger partial charge on any atom is 0.417 e. The highest BCUT2D eigenvalue weighted by molar-refractivity contribution is 7.22. The standard InChI is InChI=1S/C29H29F5N8O2S/c1-40(14-11-41(12-14)26(36)43)24-16-10-17(29(32,33)34)19(15-4-5-18(30)23-22(15)37-25(35)45-23)20(31)21(16)38-27(39-24)44-13-28-6-2-8-42(28)9-3-7-28/h4-5,10,14H,2-3,6-9,11-13H2,1H3,(H2,35,37)(H2,36,43). The summed E-state index contributed by atoms with van der Waals surface area (Å²) in [6.45, 7) is 2.54. The molecule has 0 aliphatic carbocycles. The average Bonchev–Trinajstić information content (AvgIpc) is 3.65. The molecule has 10 nitrogen and oxygen atoms in total. The van der Waals surface area contributed by atoms with E-state index in [1.54, 1.807) is 11.9 Å². The van der Waals surface area contributed by atoms with E-state index in [1.165, 1.54) is 4.90 Å². The van der Waals surface area contributed by atoms with Crippen molar-refractivity contribution in [3.8, 4) is 17.1 Å². The van der Waals surface area contributed by atoms with Crippen molar-refractivity contribution in [1.29, 1.82) is 0 Å². The topological polar surface area (TPSA) is 127 Å². The van der Waals surface area contributed by atoms with Crippen LogP contribution in [0.25, 0.3) is 32.2 Å². The van der Waals surface area contributed by atoms with Crippen molar-refractivity contribution in [3.05, 3.63) is 35.4 Å². The van der Waals surface area contributed by atoms with E-state index in [1.807, 2.05) is 0 Å². The molecule has 3 aliphatic rings. The highest BCUT2D eigenvalue weighted by Crippen LogP contribution is 2.46. The second kappa shape index (κ2) is 10.5. The number of hydrogen-bond donors (Lipinski definition) is 2. The molecule has 0 bridgehead atoms. The van der Waals surface area contributed by atoms with Crippen LogP contribution in [0.15, 0.2) is 18.2 Å². The summed E-state index contributed by atoms with van der Waals surface area (Å²) in [5.41, 5.74) is 7.95. The van der Waals surface area contributed by atoms with Gasteiger partial charge in [-0.25, -0.2) is 18.6 Å². The predicted octanol–water partition coefficient (Wildman–Crippen LogP) is 4.99. The fourth-order valence-electron chi connectivity index (χ4n) is 6.92. The number of alkyl halides is 3. The number of likely N-dealkylation sites (tertiary alicyclic amines) is 1. The predicted molar refractivity (Wildman–Crippen MR) is 159 cm³/mol. The number of likely N-dealkylation sites (N-methyl/N-ethyl adjacent to an activating group) is 1. The zero-order chi connectivity index (χ0) is 31.8. The van der Waals surface area contributed by atoms with Gasteiger partial charge in [-0.3, -0.25) is 4.90 Å². The van der Waals surface area contributed by atoms with Crippen molar-refractivity contribution in [2.75, 3.05) is 50.5 Å². The van der Waals surface area contributed by atoms with Crippen LogP contribution in [0, 0.1) is 11.6 Å². The Balaban J connectivity index is 1.41. The molecular formula is C29H29F5N8O2S. The number of nitrogen functional groups attached to an aromatic ring is 1. The van der Waals surface area contributed by atoms with Crippen molar-refractivity contribution in [3.63, 3.8) is 0 Å². The van der Waals surface area contributed by atoms with Gasteiger partial charge in [0.25, 0.3) is 0 Å². The van der Waals surface area contributed by atoms with Crippen molar-refractivity contribution >= 4 is 49.4 Å². The first kappa shape index (κ1) is 29.6. The van der Waals surface area contributed by atoms with Crippen LogP contribution in [-0.4, -0.2) is 82.2 Å². The smallest absolute Gasteiger partial charge is 0.417 e. The zero-order valence-electron chi connectivity index (χ0n) is 24.1. The lowest BCUT2D eigenvalue weighted by Crippen LogP contribution is -2.61. The molecule has 16 heteroatoms. The van der Waals surface area contributed by atoms with Crippen molar-refractivity contribution < 1.29 is 31.5 Å². The molecule has 3 aliphatic heterocycles. The number of aromatic nitrogens is 3. The molecule has 4 N–H and O–H groups in total. The van der Waals surface area contributed by atoms with Crippen LogP contribution in [0.2, 0.25) is 0 Å². The Bertz CT molecular complexity index is 1830. The minimum Gasteiger partial charge on any atom is -0.461 e. The monoisotopic (exact) mass is 648 g/mol. The minimum atomic E-state index is -5.02. The highest BCUT2D eigenvalue weighted by Gasteiger charge is 2.45. The Morgan fingerprint density at radius 1 is 1.13 bits per heavy atom. The summed E-state index contributed by atoms with van der Waals surface area (Å²) in [6, 6.07) is 1.65. The van der Waals surface area contributed by atoms with Gasteiger partial charge in [-0.2, -0.15) is 23.1 Å². The molecule has 0 unspecified atom stereocenters. The van der Waals surface area contributed by atoms with Gasteiger partial charge in [-0.05, 0) is 57.0 Å². The molecule has 2 aromatic heterocycles. The molecular weight excluding hydrogens is 619 g/mol. The Morgan fingerprint density at radius 3 is 2.51 bits per heavy atom. The number of nitrogens with two attached hydrogens (primary N) is 2. The molecule has 7 rings (SSSR count). The van der Waals surface area contributed by atoms with Crippen LogP contribution in [-0.2, 0) is 6.18 Å². The van der Waals surface area contributed by atoms with Crippen LogP contribution in [0.4, 0.5) is 37.7 Å². The quantitative estimate of drug-likeness (QED) is 0.280. The Hall–Kier alpha value is -4.05. The third kappa shape index (κ3) is 4.85. The van der Waals surface area contributed by atoms with Crippen molar-refractivity contribution in [2.45, 2.75) is 43.4 Å². The number of benzene rings is 2. The molecule has 0 spiro atoms. The number of rotatable bonds is 6. The summed E-state index contributed by atoms with van der Waals surface area (Å²) in [4.78, 5) is 29.8. The first-order chi connectivity index (χ1) is 21.4. The van der Waals surface area contributed by atoms with Crippen LogP contribution in [0.1, 0.15) is 31.2 Å². The lowest BCUT2D eigenvalue weighted by atomic mass is 9.95. The number of halogens is 5. The van der Waals surface area contributed by atoms with Crippen LogP contribution < -0.4 is 21.1 Å². The molecule has 5 heterocycles. The summed E-state index contributed by atoms with van der Waals surface area (Å²) < 4.78 is 81.5. The van der Waals surface area contributed by atoms with Crippen LogP contribution >= 0.6 is 11.3 Å². The third-order valence-corrected chi connectivity index (χ3v) is 10.2. The number of thiazole rings is 1. The molecule has 3 fully saturated rings. The van der Waals surface area contributed by atoms with Gasteiger partial charge in [-0.1, -0.05) is 11.3 Å². The van der Waals surface area contributed by atoms with Gasteiger partial charge in [-0.15, -0.1) is 0 Å². The fraction of sp³-hybridized carbons (Fsp3) is 0.448. The molecule has 0 radical (unpaired) electrons. The number of hydrogen-bond acceptors (Lipinski definition) is 9. The number of carbonyl (C=O) groups is 1. The van der Waals surface area contributed by atoms with Crippen LogP contribution in [0.5, 0.6) is 6.01 Å². The largest absolute Gasteiger partial charge is 0.461 e. The Kier molecular flexibility index (Phi) is 6.92. The van der Waals surface area contributed by atoms with Gasteiger partial charge in [0, 0.05) is 36.7 Å². The van der Waals surface area contributed by atoms with Crippen LogP contribution in [0.3, 0.4) is 0 Å². The van der Waals surface area contributed by atoms with E-state index in [4.69, 9.17) is 16.2 Å². The number of urea groups is 1. The maximum absolute atomic E-state index is 16.7. The SMILES string of the molecule is CN(c1nc(OCC23CCCN2CCC3)nc2c(F)c(-c3ccc(F)c4sc(N)nc34)c(C(F)(F)F)cc12)C1CN(C(N)=O)C1. The maximum atomic E-state index is 16.7. The number of primary amides is 1. The van der Waals surface area contributed by atoms with E-state index >= 15 is 4.39 Å². The Morgan fingerprint density at radius 2 is 1.84 bits per heavy atom. The molecule has 238 valence electrons. The summed E-state index contributed by atoms with van der Waals surface area (Å²) >= 11 is 0.754. The summed E-state index contributed by atoms with van der Waals surface area (Å²) in [7, 11) is 1.60. The number of amides is 2. The summed E-state index contributed by atoms with van der Waals surface area (Å²) in [5.74, 6) is -2.01. The van der Waals surface area contributed by atoms with Gasteiger partial charge in [0.2, 0.25) is 0 Å². The number of anilines is 2. The van der Waals surface area contributed by atoms with Crippen molar-refractivity contribution in [2.24, 2.45) is 5.73 Å². The normalized spacial score (nSPS) is 18.5. The third-order valence-electron chi connectivity index (χ3n) is 9.31. The van der Waals surface area contributed by atoms with Gasteiger partial charge in [0.05, 0.1) is 27.4 Å². The fourth-order valence-corrected chi connectivity index (χ4v) is 7.68. The second-order valence-electron chi connectivity index (χ2n) is 11.9. The van der Waals surface area contributed by atoms with E-state index in [2.05, 4.69) is 19.9 Å². The molecule has 0 atom stereocenters. The number of ether oxygens (including phenoxy) is 1. The van der Waals surface area contributed by atoms with Gasteiger partial charge in [0.15, 0.2) is 10.9 Å². The lowest BCUT2D eigenvalue weighted by molar-refractivity contribution is -0.137. The number of fused-ring (bicyclic) bond motifs is 3. The summed E-state index contributed by atoms with van der Waals surface area (Å²) in [5, 5.41) is -0.278. The molecule has 3 saturated heterocycles. The first-order valence-corrected chi connectivity index (χ1v) is 15.3. The van der Waals surface area contributed by atoms with E-state index in [0.717, 1.165) is 68.3 Å². The van der Waals surface area contributed by atoms with E-state index in [0.29, 0.717) is 0 Å². The second-order valence-corrected chi connectivity index (χ2v) is 12.9. The van der Waals surface area contributed by atoms with E-state index < -0.39 is 40.5 Å². The lowest BCUT2D eigenvalue weighted by Gasteiger charge is -2.43. The van der Waals surface area contributed by atoms with E-state index in [-0.39, 0.29) is 69.4 Å². The Labute approximate surface area is 257 Å². The summed E-state index contributed by atoms with van der Waals surface area (Å²) in [6.07, 6.45) is -1.16. The van der Waals surface area contributed by atoms with Gasteiger partial charge >= 0.3 is 18.2 Å². The zero-order valence-corrected chi connectivity index (χ0v) is 24.9. The molecule has 2 amide bonds. The number of nitrogens with zero attached hydrogens (tertiary/aromatic N) is 6.